The lowest BCUT2D eigenvalue weighted by Crippen LogP contribution is -2.17. The molecule has 0 saturated heterocycles. The zero-order valence-electron chi connectivity index (χ0n) is 7.67. The van der Waals surface area contributed by atoms with E-state index in [1.807, 2.05) is 0 Å². The number of rotatable bonds is 1. The molecule has 0 radical (unpaired) electrons. The summed E-state index contributed by atoms with van der Waals surface area (Å²) in [7, 11) is 0. The molecule has 2 atom stereocenters. The van der Waals surface area contributed by atoms with E-state index in [2.05, 4.69) is 39.5 Å². The molecule has 0 amide bonds. The van der Waals surface area contributed by atoms with Gasteiger partial charge in [-0.2, -0.15) is 12.6 Å². The molecule has 0 fully saturated rings. The summed E-state index contributed by atoms with van der Waals surface area (Å²) in [5, 5.41) is 0.527. The predicted octanol–water partition coefficient (Wildman–Crippen LogP) is 3.30. The fourth-order valence-corrected chi connectivity index (χ4v) is 2.47. The Labute approximate surface area is 75.5 Å². The third-order valence-corrected chi connectivity index (χ3v) is 2.94. The Morgan fingerprint density at radius 3 is 2.64 bits per heavy atom. The maximum atomic E-state index is 4.59. The number of thiol groups is 1. The quantitative estimate of drug-likeness (QED) is 0.453. The van der Waals surface area contributed by atoms with Crippen LogP contribution < -0.4 is 0 Å². The van der Waals surface area contributed by atoms with Crippen molar-refractivity contribution < 1.29 is 0 Å². The van der Waals surface area contributed by atoms with Gasteiger partial charge in [0.1, 0.15) is 0 Å². The van der Waals surface area contributed by atoms with E-state index in [-0.39, 0.29) is 0 Å². The highest BCUT2D eigenvalue weighted by Crippen LogP contribution is 2.31. The smallest absolute Gasteiger partial charge is 0.0231 e. The minimum Gasteiger partial charge on any atom is -0.171 e. The number of allylic oxidation sites excluding steroid dienone is 1. The van der Waals surface area contributed by atoms with E-state index in [0.717, 1.165) is 5.92 Å². The average molecular weight is 170 g/mol. The zero-order chi connectivity index (χ0) is 8.43. The van der Waals surface area contributed by atoms with E-state index in [0.29, 0.717) is 11.2 Å². The van der Waals surface area contributed by atoms with Crippen LogP contribution in [0.1, 0.15) is 33.6 Å². The van der Waals surface area contributed by atoms with Crippen molar-refractivity contribution in [3.05, 3.63) is 11.6 Å². The van der Waals surface area contributed by atoms with Crippen molar-refractivity contribution in [3.63, 3.8) is 0 Å². The monoisotopic (exact) mass is 170 g/mol. The van der Waals surface area contributed by atoms with Crippen LogP contribution in [0.2, 0.25) is 0 Å². The molecular formula is C10H18S. The van der Waals surface area contributed by atoms with E-state index < -0.39 is 0 Å². The normalized spacial score (nSPS) is 32.3. The molecule has 0 aliphatic heterocycles. The first-order chi connectivity index (χ1) is 5.11. The summed E-state index contributed by atoms with van der Waals surface area (Å²) in [5.41, 5.74) is 1.55. The van der Waals surface area contributed by atoms with Gasteiger partial charge >= 0.3 is 0 Å². The second-order valence-corrected chi connectivity index (χ2v) is 4.57. The molecule has 1 aliphatic carbocycles. The first-order valence-electron chi connectivity index (χ1n) is 4.49. The van der Waals surface area contributed by atoms with Gasteiger partial charge in [0.15, 0.2) is 0 Å². The Hall–Kier alpha value is 0.0900. The molecule has 11 heavy (non-hydrogen) atoms. The van der Waals surface area contributed by atoms with E-state index in [1.54, 1.807) is 5.57 Å². The van der Waals surface area contributed by atoms with Crippen LogP contribution in [0.15, 0.2) is 11.6 Å². The summed E-state index contributed by atoms with van der Waals surface area (Å²) >= 11 is 4.59. The van der Waals surface area contributed by atoms with Crippen LogP contribution in [0.25, 0.3) is 0 Å². The van der Waals surface area contributed by atoms with Gasteiger partial charge in [0.2, 0.25) is 0 Å². The van der Waals surface area contributed by atoms with Crippen molar-refractivity contribution in [2.45, 2.75) is 38.9 Å². The molecule has 1 heteroatoms. The van der Waals surface area contributed by atoms with Crippen molar-refractivity contribution in [3.8, 4) is 0 Å². The molecular weight excluding hydrogens is 152 g/mol. The van der Waals surface area contributed by atoms with Crippen LogP contribution in [0.5, 0.6) is 0 Å². The third-order valence-electron chi connectivity index (χ3n) is 2.43. The van der Waals surface area contributed by atoms with Crippen molar-refractivity contribution >= 4 is 12.6 Å². The second-order valence-electron chi connectivity index (χ2n) is 3.95. The Balaban J connectivity index is 2.65. The summed E-state index contributed by atoms with van der Waals surface area (Å²) in [6.45, 7) is 6.81. The van der Waals surface area contributed by atoms with Crippen LogP contribution in [0.4, 0.5) is 0 Å². The molecule has 0 saturated carbocycles. The van der Waals surface area contributed by atoms with Crippen molar-refractivity contribution in [2.24, 2.45) is 11.8 Å². The molecule has 0 aromatic carbocycles. The van der Waals surface area contributed by atoms with Gasteiger partial charge in [0, 0.05) is 5.25 Å². The second kappa shape index (κ2) is 3.66. The molecule has 0 heterocycles. The van der Waals surface area contributed by atoms with Gasteiger partial charge in [-0.1, -0.05) is 32.4 Å². The van der Waals surface area contributed by atoms with Gasteiger partial charge in [-0.15, -0.1) is 0 Å². The Morgan fingerprint density at radius 2 is 2.18 bits per heavy atom. The highest BCUT2D eigenvalue weighted by Gasteiger charge is 2.19. The molecule has 0 N–H and O–H groups in total. The summed E-state index contributed by atoms with van der Waals surface area (Å²) in [4.78, 5) is 0. The SMILES string of the molecule is CC(C)C1=CC[C@H](C)C[C@@H]1S. The molecule has 0 spiro atoms. The summed E-state index contributed by atoms with van der Waals surface area (Å²) < 4.78 is 0. The molecule has 64 valence electrons. The number of hydrogen-bond acceptors (Lipinski definition) is 1. The van der Waals surface area contributed by atoms with E-state index >= 15 is 0 Å². The molecule has 0 aromatic heterocycles. The summed E-state index contributed by atoms with van der Waals surface area (Å²) in [6, 6.07) is 0. The first-order valence-corrected chi connectivity index (χ1v) is 5.01. The lowest BCUT2D eigenvalue weighted by atomic mass is 9.86. The molecule has 0 aromatic rings. The van der Waals surface area contributed by atoms with Gasteiger partial charge in [0.25, 0.3) is 0 Å². The van der Waals surface area contributed by atoms with Crippen molar-refractivity contribution in [2.75, 3.05) is 0 Å². The van der Waals surface area contributed by atoms with Crippen molar-refractivity contribution in [1.29, 1.82) is 0 Å². The average Bonchev–Trinajstić information content (AvgIpc) is 1.85. The fraction of sp³-hybridized carbons (Fsp3) is 0.800. The molecule has 0 bridgehead atoms. The van der Waals surface area contributed by atoms with Gasteiger partial charge in [-0.25, -0.2) is 0 Å². The first kappa shape index (κ1) is 9.18. The Morgan fingerprint density at radius 1 is 1.55 bits per heavy atom. The van der Waals surface area contributed by atoms with Crippen molar-refractivity contribution in [1.82, 2.24) is 0 Å². The molecule has 1 rings (SSSR count). The lowest BCUT2D eigenvalue weighted by molar-refractivity contribution is 0.499. The largest absolute Gasteiger partial charge is 0.171 e. The third kappa shape index (κ3) is 2.26. The standard InChI is InChI=1S/C10H18S/c1-7(2)9-5-4-8(3)6-10(9)11/h5,7-8,10-11H,4,6H2,1-3H3/t8-,10-/m0/s1. The van der Waals surface area contributed by atoms with Gasteiger partial charge in [0.05, 0.1) is 0 Å². The minimum atomic E-state index is 0.527. The van der Waals surface area contributed by atoms with Crippen LogP contribution in [0, 0.1) is 11.8 Å². The number of hydrogen-bond donors (Lipinski definition) is 1. The minimum absolute atomic E-state index is 0.527. The van der Waals surface area contributed by atoms with E-state index in [9.17, 15) is 0 Å². The topological polar surface area (TPSA) is 0 Å². The van der Waals surface area contributed by atoms with Crippen LogP contribution in [-0.4, -0.2) is 5.25 Å². The van der Waals surface area contributed by atoms with E-state index in [1.165, 1.54) is 12.8 Å². The van der Waals surface area contributed by atoms with Gasteiger partial charge in [-0.3, -0.25) is 0 Å². The lowest BCUT2D eigenvalue weighted by Gasteiger charge is -2.26. The van der Waals surface area contributed by atoms with E-state index in [4.69, 9.17) is 0 Å². The highest BCUT2D eigenvalue weighted by molar-refractivity contribution is 7.81. The van der Waals surface area contributed by atoms with Crippen LogP contribution in [0.3, 0.4) is 0 Å². The Bertz CT molecular complexity index is 158. The van der Waals surface area contributed by atoms with Gasteiger partial charge in [-0.05, 0) is 24.7 Å². The fourth-order valence-electron chi connectivity index (χ4n) is 1.71. The molecule has 0 nitrogen and oxygen atoms in total. The molecule has 0 unspecified atom stereocenters. The van der Waals surface area contributed by atoms with Crippen LogP contribution >= 0.6 is 12.6 Å². The maximum Gasteiger partial charge on any atom is 0.0231 e. The Kier molecular flexibility index (Phi) is 3.06. The maximum absolute atomic E-state index is 4.59. The summed E-state index contributed by atoms with van der Waals surface area (Å²) in [6.07, 6.45) is 4.90. The van der Waals surface area contributed by atoms with Crippen LogP contribution in [-0.2, 0) is 0 Å². The summed E-state index contributed by atoms with van der Waals surface area (Å²) in [5.74, 6) is 1.52. The van der Waals surface area contributed by atoms with Gasteiger partial charge < -0.3 is 0 Å². The zero-order valence-corrected chi connectivity index (χ0v) is 8.57. The highest BCUT2D eigenvalue weighted by atomic mass is 32.1. The predicted molar refractivity (Wildman–Crippen MR) is 54.1 cm³/mol. The molecule has 1 aliphatic rings.